The molecule has 102 valence electrons. The van der Waals surface area contributed by atoms with Gasteiger partial charge in [-0.3, -0.25) is 0 Å². The van der Waals surface area contributed by atoms with E-state index in [4.69, 9.17) is 9.47 Å². The molecule has 2 heterocycles. The molecule has 2 rings (SSSR count). The summed E-state index contributed by atoms with van der Waals surface area (Å²) in [6.07, 6.45) is 4.44. The maximum absolute atomic E-state index is 4.97. The molecule has 8 nitrogen and oxygen atoms in total. The van der Waals surface area contributed by atoms with Gasteiger partial charge >= 0.3 is 12.0 Å². The molecule has 2 aromatic heterocycles. The molecular weight excluding hydrogens is 248 g/mol. The molecular formula is C11H16N6O2. The molecule has 0 radical (unpaired) electrons. The van der Waals surface area contributed by atoms with E-state index in [2.05, 4.69) is 25.3 Å². The van der Waals surface area contributed by atoms with Crippen molar-refractivity contribution in [2.24, 2.45) is 7.05 Å². The Balaban J connectivity index is 1.97. The summed E-state index contributed by atoms with van der Waals surface area (Å²) in [5.41, 5.74) is 0. The Hall–Kier alpha value is -2.38. The zero-order valence-electron chi connectivity index (χ0n) is 11.1. The Morgan fingerprint density at radius 3 is 2.37 bits per heavy atom. The minimum atomic E-state index is 0.214. The quantitative estimate of drug-likeness (QED) is 0.801. The first-order chi connectivity index (χ1) is 9.22. The smallest absolute Gasteiger partial charge is 0.324 e. The second-order valence-corrected chi connectivity index (χ2v) is 3.76. The average Bonchev–Trinajstić information content (AvgIpc) is 2.84. The largest absolute Gasteiger partial charge is 0.467 e. The highest BCUT2D eigenvalue weighted by molar-refractivity contribution is 5.27. The van der Waals surface area contributed by atoms with Gasteiger partial charge in [-0.25, -0.2) is 4.98 Å². The van der Waals surface area contributed by atoms with Crippen molar-refractivity contribution < 1.29 is 9.47 Å². The van der Waals surface area contributed by atoms with Gasteiger partial charge in [-0.15, -0.1) is 4.98 Å². The first kappa shape index (κ1) is 13.1. The fourth-order valence-corrected chi connectivity index (χ4v) is 1.52. The molecule has 19 heavy (non-hydrogen) atoms. The molecule has 0 aliphatic rings. The van der Waals surface area contributed by atoms with E-state index in [1.54, 1.807) is 6.20 Å². The van der Waals surface area contributed by atoms with Crippen LogP contribution in [-0.2, 0) is 13.5 Å². The van der Waals surface area contributed by atoms with Crippen molar-refractivity contribution in [1.82, 2.24) is 24.5 Å². The summed E-state index contributed by atoms with van der Waals surface area (Å²) in [6, 6.07) is 0.428. The number of nitrogens with zero attached hydrogens (tertiary/aromatic N) is 5. The SMILES string of the molecule is COc1nc(NCCc2nccn2C)nc(OC)n1. The van der Waals surface area contributed by atoms with Crippen LogP contribution < -0.4 is 14.8 Å². The maximum Gasteiger partial charge on any atom is 0.324 e. The average molecular weight is 264 g/mol. The predicted molar refractivity (Wildman–Crippen MR) is 68.3 cm³/mol. The summed E-state index contributed by atoms with van der Waals surface area (Å²) < 4.78 is 11.9. The lowest BCUT2D eigenvalue weighted by Gasteiger charge is -2.07. The molecule has 8 heteroatoms. The molecule has 0 aliphatic carbocycles. The number of ether oxygens (including phenoxy) is 2. The fraction of sp³-hybridized carbons (Fsp3) is 0.455. The van der Waals surface area contributed by atoms with E-state index in [9.17, 15) is 0 Å². The highest BCUT2D eigenvalue weighted by Crippen LogP contribution is 2.11. The van der Waals surface area contributed by atoms with E-state index < -0.39 is 0 Å². The van der Waals surface area contributed by atoms with Gasteiger partial charge in [-0.05, 0) is 0 Å². The zero-order chi connectivity index (χ0) is 13.7. The molecule has 0 saturated carbocycles. The standard InChI is InChI=1S/C11H16N6O2/c1-17-7-6-12-8(17)4-5-13-9-14-10(18-2)16-11(15-9)19-3/h6-7H,4-5H2,1-3H3,(H,13,14,15,16). The van der Waals surface area contributed by atoms with Crippen LogP contribution >= 0.6 is 0 Å². The lowest BCUT2D eigenvalue weighted by molar-refractivity contribution is 0.341. The van der Waals surface area contributed by atoms with Gasteiger partial charge in [0.25, 0.3) is 0 Å². The molecule has 2 aromatic rings. The van der Waals surface area contributed by atoms with Gasteiger partial charge in [0, 0.05) is 32.4 Å². The van der Waals surface area contributed by atoms with Crippen LogP contribution in [0.3, 0.4) is 0 Å². The molecule has 0 amide bonds. The van der Waals surface area contributed by atoms with Crippen LogP contribution in [0.4, 0.5) is 5.95 Å². The van der Waals surface area contributed by atoms with Gasteiger partial charge in [0.15, 0.2) is 0 Å². The van der Waals surface area contributed by atoms with E-state index in [1.807, 2.05) is 17.8 Å². The number of rotatable bonds is 6. The van der Waals surface area contributed by atoms with Crippen LogP contribution in [-0.4, -0.2) is 45.3 Å². The topological polar surface area (TPSA) is 87.0 Å². The summed E-state index contributed by atoms with van der Waals surface area (Å²) in [6.45, 7) is 0.654. The minimum Gasteiger partial charge on any atom is -0.467 e. The third-order valence-electron chi connectivity index (χ3n) is 2.51. The van der Waals surface area contributed by atoms with E-state index in [-0.39, 0.29) is 12.0 Å². The number of nitrogens with one attached hydrogen (secondary N) is 1. The number of imidazole rings is 1. The maximum atomic E-state index is 4.97. The number of hydrogen-bond acceptors (Lipinski definition) is 7. The summed E-state index contributed by atoms with van der Waals surface area (Å²) in [7, 11) is 4.94. The van der Waals surface area contributed by atoms with E-state index >= 15 is 0 Å². The van der Waals surface area contributed by atoms with Gasteiger partial charge < -0.3 is 19.4 Å². The Morgan fingerprint density at radius 2 is 1.84 bits per heavy atom. The number of aryl methyl sites for hydroxylation is 1. The highest BCUT2D eigenvalue weighted by atomic mass is 16.5. The first-order valence-electron chi connectivity index (χ1n) is 5.77. The highest BCUT2D eigenvalue weighted by Gasteiger charge is 2.07. The van der Waals surface area contributed by atoms with Crippen molar-refractivity contribution in [3.05, 3.63) is 18.2 Å². The van der Waals surface area contributed by atoms with Crippen molar-refractivity contribution in [3.8, 4) is 12.0 Å². The van der Waals surface area contributed by atoms with Gasteiger partial charge in [0.1, 0.15) is 5.82 Å². The van der Waals surface area contributed by atoms with Crippen LogP contribution in [0, 0.1) is 0 Å². The molecule has 0 bridgehead atoms. The van der Waals surface area contributed by atoms with Gasteiger partial charge in [-0.1, -0.05) is 0 Å². The van der Waals surface area contributed by atoms with Crippen LogP contribution in [0.5, 0.6) is 12.0 Å². The molecule has 0 atom stereocenters. The predicted octanol–water partition coefficient (Wildman–Crippen LogP) is 0.277. The summed E-state index contributed by atoms with van der Waals surface area (Å²) >= 11 is 0. The van der Waals surface area contributed by atoms with Gasteiger partial charge in [0.05, 0.1) is 14.2 Å². The van der Waals surface area contributed by atoms with Gasteiger partial charge in [-0.2, -0.15) is 9.97 Å². The van der Waals surface area contributed by atoms with Crippen molar-refractivity contribution in [2.45, 2.75) is 6.42 Å². The van der Waals surface area contributed by atoms with E-state index in [0.29, 0.717) is 12.5 Å². The lowest BCUT2D eigenvalue weighted by atomic mass is 10.4. The normalized spacial score (nSPS) is 10.3. The van der Waals surface area contributed by atoms with Crippen LogP contribution in [0.2, 0.25) is 0 Å². The van der Waals surface area contributed by atoms with Crippen molar-refractivity contribution >= 4 is 5.95 Å². The number of methoxy groups -OCH3 is 2. The fourth-order valence-electron chi connectivity index (χ4n) is 1.52. The Labute approximate surface area is 110 Å². The minimum absolute atomic E-state index is 0.214. The molecule has 0 aromatic carbocycles. The second kappa shape index (κ2) is 5.98. The van der Waals surface area contributed by atoms with Crippen LogP contribution in [0.1, 0.15) is 5.82 Å². The zero-order valence-corrected chi connectivity index (χ0v) is 11.1. The van der Waals surface area contributed by atoms with E-state index in [0.717, 1.165) is 12.2 Å². The molecule has 1 N–H and O–H groups in total. The summed E-state index contributed by atoms with van der Waals surface area (Å²) in [4.78, 5) is 16.3. The number of hydrogen-bond donors (Lipinski definition) is 1. The van der Waals surface area contributed by atoms with Crippen LogP contribution in [0.25, 0.3) is 0 Å². The molecule has 0 saturated heterocycles. The lowest BCUT2D eigenvalue weighted by Crippen LogP contribution is -2.12. The second-order valence-electron chi connectivity index (χ2n) is 3.76. The van der Waals surface area contributed by atoms with Crippen molar-refractivity contribution in [3.63, 3.8) is 0 Å². The van der Waals surface area contributed by atoms with E-state index in [1.165, 1.54) is 14.2 Å². The summed E-state index contributed by atoms with van der Waals surface area (Å²) in [5.74, 6) is 1.40. The molecule has 0 fully saturated rings. The monoisotopic (exact) mass is 264 g/mol. The van der Waals surface area contributed by atoms with Crippen LogP contribution in [0.15, 0.2) is 12.4 Å². The third kappa shape index (κ3) is 3.30. The first-order valence-corrected chi connectivity index (χ1v) is 5.77. The van der Waals surface area contributed by atoms with Gasteiger partial charge in [0.2, 0.25) is 5.95 Å². The summed E-state index contributed by atoms with van der Waals surface area (Å²) in [5, 5.41) is 3.08. The molecule has 0 aliphatic heterocycles. The van der Waals surface area contributed by atoms with Crippen molar-refractivity contribution in [1.29, 1.82) is 0 Å². The molecule has 0 spiro atoms. The Morgan fingerprint density at radius 1 is 1.16 bits per heavy atom. The molecule has 0 unspecified atom stereocenters. The Bertz CT molecular complexity index is 519. The van der Waals surface area contributed by atoms with Crippen molar-refractivity contribution in [2.75, 3.05) is 26.1 Å². The number of anilines is 1. The Kier molecular flexibility index (Phi) is 4.11. The third-order valence-corrected chi connectivity index (χ3v) is 2.51. The number of aromatic nitrogens is 5.